The van der Waals surface area contributed by atoms with Gasteiger partial charge in [-0.25, -0.2) is 10.5 Å². The quantitative estimate of drug-likeness (QED) is 0.541. The van der Waals surface area contributed by atoms with E-state index in [1.807, 2.05) is 18.5 Å². The molecule has 1 aliphatic carbocycles. The summed E-state index contributed by atoms with van der Waals surface area (Å²) in [5.74, 6) is 0.855. The van der Waals surface area contributed by atoms with Crippen LogP contribution < -0.4 is 15.0 Å². The number of hydrogen-bond acceptors (Lipinski definition) is 6. The van der Waals surface area contributed by atoms with Crippen LogP contribution in [-0.4, -0.2) is 39.9 Å². The highest BCUT2D eigenvalue weighted by Gasteiger charge is 2.28. The number of amides is 1. The highest BCUT2D eigenvalue weighted by Crippen LogP contribution is 2.38. The van der Waals surface area contributed by atoms with E-state index in [9.17, 15) is 4.79 Å². The Bertz CT molecular complexity index is 992. The highest BCUT2D eigenvalue weighted by molar-refractivity contribution is 6.03. The van der Waals surface area contributed by atoms with Crippen LogP contribution in [0.2, 0.25) is 0 Å². The molecule has 1 amide bonds. The Morgan fingerprint density at radius 3 is 2.48 bits per heavy atom. The Morgan fingerprint density at radius 1 is 1.11 bits per heavy atom. The standard InChI is InChI=1S/C19H22N4O4/c1-26-16-7-13-14(8-17(16)27-2)20-9-15-18(13)23(10-21-15)12-5-3-11(4-6-12)19(24)22-25/h7-12,25H,3-6H2,1-2H3,(H,22,24). The van der Waals surface area contributed by atoms with E-state index < -0.39 is 0 Å². The van der Waals surface area contributed by atoms with Crippen molar-refractivity contribution in [1.82, 2.24) is 20.0 Å². The average Bonchev–Trinajstić information content (AvgIpc) is 3.16. The number of nitrogens with zero attached hydrogens (tertiary/aromatic N) is 3. The Hall–Kier alpha value is -2.87. The maximum Gasteiger partial charge on any atom is 0.246 e. The third kappa shape index (κ3) is 2.95. The first kappa shape index (κ1) is 17.5. The molecule has 0 bridgehead atoms. The summed E-state index contributed by atoms with van der Waals surface area (Å²) in [5, 5.41) is 9.80. The van der Waals surface area contributed by atoms with E-state index in [2.05, 4.69) is 14.5 Å². The second kappa shape index (κ2) is 7.03. The number of pyridine rings is 1. The van der Waals surface area contributed by atoms with Crippen LogP contribution in [0.4, 0.5) is 0 Å². The largest absolute Gasteiger partial charge is 0.493 e. The van der Waals surface area contributed by atoms with Crippen LogP contribution in [0, 0.1) is 5.92 Å². The number of hydroxylamine groups is 1. The van der Waals surface area contributed by atoms with Crippen molar-refractivity contribution in [2.24, 2.45) is 5.92 Å². The zero-order valence-corrected chi connectivity index (χ0v) is 15.3. The van der Waals surface area contributed by atoms with Gasteiger partial charge >= 0.3 is 0 Å². The van der Waals surface area contributed by atoms with E-state index in [1.165, 1.54) is 0 Å². The van der Waals surface area contributed by atoms with E-state index in [0.717, 1.165) is 47.6 Å². The molecule has 1 fully saturated rings. The van der Waals surface area contributed by atoms with Gasteiger partial charge in [0, 0.05) is 23.4 Å². The van der Waals surface area contributed by atoms with E-state index in [4.69, 9.17) is 14.7 Å². The number of hydrogen-bond donors (Lipinski definition) is 2. The predicted octanol–water partition coefficient (Wildman–Crippen LogP) is 2.84. The van der Waals surface area contributed by atoms with Crippen LogP contribution >= 0.6 is 0 Å². The molecule has 1 aromatic carbocycles. The average molecular weight is 370 g/mol. The lowest BCUT2D eigenvalue weighted by Crippen LogP contribution is -2.31. The third-order valence-electron chi connectivity index (χ3n) is 5.48. The molecule has 3 aromatic rings. The molecule has 2 aromatic heterocycles. The molecule has 0 aliphatic heterocycles. The van der Waals surface area contributed by atoms with E-state index in [0.29, 0.717) is 11.5 Å². The van der Waals surface area contributed by atoms with Crippen LogP contribution in [0.1, 0.15) is 31.7 Å². The van der Waals surface area contributed by atoms with Crippen molar-refractivity contribution in [2.75, 3.05) is 14.2 Å². The number of benzene rings is 1. The lowest BCUT2D eigenvalue weighted by Gasteiger charge is -2.28. The van der Waals surface area contributed by atoms with E-state index in [1.54, 1.807) is 25.9 Å². The SMILES string of the molecule is COc1cc2ncc3ncn(C4CCC(C(=O)NO)CC4)c3c2cc1OC. The second-order valence-electron chi connectivity index (χ2n) is 6.85. The number of carbonyl (C=O) groups excluding carboxylic acids is 1. The maximum atomic E-state index is 11.7. The van der Waals surface area contributed by atoms with Crippen molar-refractivity contribution in [1.29, 1.82) is 0 Å². The van der Waals surface area contributed by atoms with Gasteiger partial charge in [-0.2, -0.15) is 0 Å². The van der Waals surface area contributed by atoms with Crippen LogP contribution in [0.15, 0.2) is 24.7 Å². The summed E-state index contributed by atoms with van der Waals surface area (Å²) in [7, 11) is 3.22. The molecule has 4 rings (SSSR count). The second-order valence-corrected chi connectivity index (χ2v) is 6.85. The van der Waals surface area contributed by atoms with Gasteiger partial charge in [0.25, 0.3) is 0 Å². The molecule has 0 saturated heterocycles. The third-order valence-corrected chi connectivity index (χ3v) is 5.48. The van der Waals surface area contributed by atoms with Crippen molar-refractivity contribution in [3.8, 4) is 11.5 Å². The number of aromatic nitrogens is 3. The Labute approximate surface area is 156 Å². The summed E-state index contributed by atoms with van der Waals surface area (Å²) < 4.78 is 13.0. The molecule has 0 spiro atoms. The zero-order chi connectivity index (χ0) is 19.0. The smallest absolute Gasteiger partial charge is 0.246 e. The van der Waals surface area contributed by atoms with Gasteiger partial charge < -0.3 is 14.0 Å². The summed E-state index contributed by atoms with van der Waals surface area (Å²) in [6.45, 7) is 0. The number of fused-ring (bicyclic) bond motifs is 3. The molecule has 142 valence electrons. The first-order chi connectivity index (χ1) is 13.2. The van der Waals surface area contributed by atoms with Gasteiger partial charge in [-0.05, 0) is 31.7 Å². The summed E-state index contributed by atoms with van der Waals surface area (Å²) in [6, 6.07) is 4.05. The molecule has 0 unspecified atom stereocenters. The molecule has 0 atom stereocenters. The summed E-state index contributed by atoms with van der Waals surface area (Å²) >= 11 is 0. The van der Waals surface area contributed by atoms with E-state index >= 15 is 0 Å². The first-order valence-corrected chi connectivity index (χ1v) is 8.97. The van der Waals surface area contributed by atoms with Gasteiger partial charge in [-0.3, -0.25) is 15.0 Å². The topological polar surface area (TPSA) is 98.5 Å². The minimum Gasteiger partial charge on any atom is -0.493 e. The van der Waals surface area contributed by atoms with E-state index in [-0.39, 0.29) is 17.9 Å². The van der Waals surface area contributed by atoms with Crippen LogP contribution in [0.3, 0.4) is 0 Å². The van der Waals surface area contributed by atoms with Crippen molar-refractivity contribution in [2.45, 2.75) is 31.7 Å². The van der Waals surface area contributed by atoms with Crippen molar-refractivity contribution >= 4 is 27.8 Å². The lowest BCUT2D eigenvalue weighted by molar-refractivity contribution is -0.134. The number of methoxy groups -OCH3 is 2. The Kier molecular flexibility index (Phi) is 4.57. The number of ether oxygens (including phenoxy) is 2. The molecule has 2 N–H and O–H groups in total. The van der Waals surface area contributed by atoms with Gasteiger partial charge in [0.15, 0.2) is 11.5 Å². The first-order valence-electron chi connectivity index (χ1n) is 8.97. The minimum absolute atomic E-state index is 0.135. The molecular weight excluding hydrogens is 348 g/mol. The number of imidazole rings is 1. The fourth-order valence-corrected chi connectivity index (χ4v) is 4.03. The molecule has 0 radical (unpaired) electrons. The molecule has 8 nitrogen and oxygen atoms in total. The summed E-state index contributed by atoms with van der Waals surface area (Å²) in [6.07, 6.45) is 6.78. The zero-order valence-electron chi connectivity index (χ0n) is 15.3. The van der Waals surface area contributed by atoms with Crippen molar-refractivity contribution in [3.05, 3.63) is 24.7 Å². The fourth-order valence-electron chi connectivity index (χ4n) is 4.03. The minimum atomic E-state index is -0.296. The molecule has 27 heavy (non-hydrogen) atoms. The van der Waals surface area contributed by atoms with Crippen molar-refractivity contribution < 1.29 is 19.5 Å². The number of nitrogens with one attached hydrogen (secondary N) is 1. The van der Waals surface area contributed by atoms with Gasteiger partial charge in [-0.15, -0.1) is 0 Å². The number of carbonyl (C=O) groups is 1. The van der Waals surface area contributed by atoms with Crippen LogP contribution in [-0.2, 0) is 4.79 Å². The molecular formula is C19H22N4O4. The normalized spacial score (nSPS) is 20.0. The van der Waals surface area contributed by atoms with Crippen LogP contribution in [0.25, 0.3) is 21.9 Å². The monoisotopic (exact) mass is 370 g/mol. The van der Waals surface area contributed by atoms with Crippen molar-refractivity contribution in [3.63, 3.8) is 0 Å². The molecule has 8 heteroatoms. The lowest BCUT2D eigenvalue weighted by atomic mass is 9.85. The van der Waals surface area contributed by atoms with Gasteiger partial charge in [0.1, 0.15) is 5.52 Å². The van der Waals surface area contributed by atoms with Crippen LogP contribution in [0.5, 0.6) is 11.5 Å². The predicted molar refractivity (Wildman–Crippen MR) is 99.1 cm³/mol. The highest BCUT2D eigenvalue weighted by atomic mass is 16.5. The molecule has 1 saturated carbocycles. The Balaban J connectivity index is 1.76. The maximum absolute atomic E-state index is 11.7. The summed E-state index contributed by atoms with van der Waals surface area (Å²) in [5.41, 5.74) is 4.42. The summed E-state index contributed by atoms with van der Waals surface area (Å²) in [4.78, 5) is 20.7. The molecule has 1 aliphatic rings. The fraction of sp³-hybridized carbons (Fsp3) is 0.421. The molecule has 2 heterocycles. The van der Waals surface area contributed by atoms with Gasteiger partial charge in [-0.1, -0.05) is 0 Å². The van der Waals surface area contributed by atoms with Gasteiger partial charge in [0.05, 0.1) is 37.8 Å². The van der Waals surface area contributed by atoms with Gasteiger partial charge in [0.2, 0.25) is 5.91 Å². The number of rotatable bonds is 4. The Morgan fingerprint density at radius 2 is 1.81 bits per heavy atom.